The third kappa shape index (κ3) is 3.10. The molecule has 0 saturated heterocycles. The highest BCUT2D eigenvalue weighted by molar-refractivity contribution is 6.04. The van der Waals surface area contributed by atoms with Crippen LogP contribution in [-0.4, -0.2) is 21.7 Å². The summed E-state index contributed by atoms with van der Waals surface area (Å²) in [5.74, 6) is 2.41. The van der Waals surface area contributed by atoms with Gasteiger partial charge < -0.3 is 5.32 Å². The van der Waals surface area contributed by atoms with Gasteiger partial charge in [-0.25, -0.2) is 4.68 Å². The lowest BCUT2D eigenvalue weighted by molar-refractivity contribution is -0.0688. The fraction of sp³-hybridized carbons (Fsp3) is 0.625. The van der Waals surface area contributed by atoms with Gasteiger partial charge in [-0.2, -0.15) is 5.10 Å². The Morgan fingerprint density at radius 2 is 1.72 bits per heavy atom. The van der Waals surface area contributed by atoms with Crippen molar-refractivity contribution in [1.82, 2.24) is 15.1 Å². The number of amides is 1. The zero-order valence-electron chi connectivity index (χ0n) is 17.5. The van der Waals surface area contributed by atoms with Gasteiger partial charge in [0.15, 0.2) is 5.69 Å². The van der Waals surface area contributed by atoms with Crippen molar-refractivity contribution >= 4 is 16.7 Å². The van der Waals surface area contributed by atoms with Crippen molar-refractivity contribution in [3.8, 4) is 0 Å². The van der Waals surface area contributed by atoms with E-state index >= 15 is 0 Å². The van der Waals surface area contributed by atoms with Crippen molar-refractivity contribution < 1.29 is 4.79 Å². The number of aromatic nitrogens is 2. The Balaban J connectivity index is 1.46. The molecule has 1 unspecified atom stereocenters. The fourth-order valence-corrected chi connectivity index (χ4v) is 6.89. The Hall–Kier alpha value is -2.17. The van der Waals surface area contributed by atoms with E-state index in [0.717, 1.165) is 24.2 Å². The molecule has 1 aromatic heterocycles. The minimum atomic E-state index is -0.144. The van der Waals surface area contributed by atoms with Crippen molar-refractivity contribution in [2.24, 2.45) is 23.2 Å². The number of carbonyl (C=O) groups is 1. The standard InChI is InChI=1S/C24H31N3O2/c1-3-8-27-23(29)20-7-5-4-6-19(20)21(26-27)22(28)25-15(2)24-12-16-9-17(13-24)11-18(10-16)14-24/h4-7,15-18H,3,8-14H2,1-2H3,(H,25,28). The number of carbonyl (C=O) groups excluding carboxylic acids is 1. The number of hydrogen-bond donors (Lipinski definition) is 1. The first-order chi connectivity index (χ1) is 14.0. The molecule has 1 atom stereocenters. The van der Waals surface area contributed by atoms with E-state index in [4.69, 9.17) is 0 Å². The summed E-state index contributed by atoms with van der Waals surface area (Å²) >= 11 is 0. The van der Waals surface area contributed by atoms with Crippen LogP contribution >= 0.6 is 0 Å². The lowest BCUT2D eigenvalue weighted by Crippen LogP contribution is -2.56. The number of benzene rings is 1. The van der Waals surface area contributed by atoms with Crippen LogP contribution in [0.5, 0.6) is 0 Å². The van der Waals surface area contributed by atoms with E-state index in [1.165, 1.54) is 43.2 Å². The molecule has 0 spiro atoms. The van der Waals surface area contributed by atoms with E-state index in [-0.39, 0.29) is 22.9 Å². The molecule has 0 radical (unpaired) electrons. The van der Waals surface area contributed by atoms with Crippen LogP contribution in [0.25, 0.3) is 10.8 Å². The molecule has 4 bridgehead atoms. The molecule has 2 aromatic rings. The van der Waals surface area contributed by atoms with Gasteiger partial charge in [0.2, 0.25) is 0 Å². The second-order valence-electron chi connectivity index (χ2n) is 9.90. The number of nitrogens with zero attached hydrogens (tertiary/aromatic N) is 2. The quantitative estimate of drug-likeness (QED) is 0.830. The normalized spacial score (nSPS) is 31.2. The largest absolute Gasteiger partial charge is 0.348 e. The summed E-state index contributed by atoms with van der Waals surface area (Å²) in [4.78, 5) is 26.1. The van der Waals surface area contributed by atoms with Crippen molar-refractivity contribution in [2.75, 3.05) is 0 Å². The van der Waals surface area contributed by atoms with E-state index in [2.05, 4.69) is 17.3 Å². The highest BCUT2D eigenvalue weighted by Crippen LogP contribution is 2.61. The van der Waals surface area contributed by atoms with E-state index in [0.29, 0.717) is 23.0 Å². The summed E-state index contributed by atoms with van der Waals surface area (Å²) in [5.41, 5.74) is 0.510. The molecular weight excluding hydrogens is 362 g/mol. The second-order valence-corrected chi connectivity index (χ2v) is 9.90. The number of rotatable bonds is 5. The summed E-state index contributed by atoms with van der Waals surface area (Å²) in [6, 6.07) is 7.48. The molecule has 5 heteroatoms. The van der Waals surface area contributed by atoms with E-state index in [1.807, 2.05) is 25.1 Å². The fourth-order valence-electron chi connectivity index (χ4n) is 6.89. The van der Waals surface area contributed by atoms with E-state index in [1.54, 1.807) is 6.07 Å². The topological polar surface area (TPSA) is 64.0 Å². The molecule has 1 heterocycles. The Morgan fingerprint density at radius 3 is 2.31 bits per heavy atom. The minimum absolute atomic E-state index is 0.117. The molecular formula is C24H31N3O2. The maximum Gasteiger partial charge on any atom is 0.274 e. The molecule has 4 aliphatic rings. The maximum atomic E-state index is 13.3. The molecule has 4 fully saturated rings. The summed E-state index contributed by atoms with van der Waals surface area (Å²) in [6.45, 7) is 4.72. The van der Waals surface area contributed by atoms with Crippen LogP contribution in [0.15, 0.2) is 29.1 Å². The van der Waals surface area contributed by atoms with Crippen LogP contribution < -0.4 is 10.9 Å². The molecule has 154 valence electrons. The molecule has 1 N–H and O–H groups in total. The maximum absolute atomic E-state index is 13.3. The zero-order valence-corrected chi connectivity index (χ0v) is 17.5. The minimum Gasteiger partial charge on any atom is -0.348 e. The Kier molecular flexibility index (Phi) is 4.52. The first-order valence-electron chi connectivity index (χ1n) is 11.3. The Morgan fingerprint density at radius 1 is 1.14 bits per heavy atom. The van der Waals surface area contributed by atoms with Crippen molar-refractivity contribution in [3.63, 3.8) is 0 Å². The van der Waals surface area contributed by atoms with Gasteiger partial charge in [-0.3, -0.25) is 9.59 Å². The van der Waals surface area contributed by atoms with Crippen molar-refractivity contribution in [1.29, 1.82) is 0 Å². The molecule has 1 aromatic carbocycles. The highest BCUT2D eigenvalue weighted by atomic mass is 16.2. The summed E-state index contributed by atoms with van der Waals surface area (Å²) in [7, 11) is 0. The molecule has 1 amide bonds. The van der Waals surface area contributed by atoms with E-state index in [9.17, 15) is 9.59 Å². The average molecular weight is 394 g/mol. The average Bonchev–Trinajstić information content (AvgIpc) is 2.69. The second kappa shape index (κ2) is 6.96. The number of nitrogens with one attached hydrogen (secondary N) is 1. The van der Waals surface area contributed by atoms with Crippen molar-refractivity contribution in [2.45, 2.75) is 71.4 Å². The predicted octanol–water partition coefficient (Wildman–Crippen LogP) is 4.14. The van der Waals surface area contributed by atoms with Gasteiger partial charge in [0.25, 0.3) is 11.5 Å². The van der Waals surface area contributed by atoms with Gasteiger partial charge in [0, 0.05) is 18.0 Å². The van der Waals surface area contributed by atoms with E-state index < -0.39 is 0 Å². The lowest BCUT2D eigenvalue weighted by Gasteiger charge is -2.59. The Labute approximate surface area is 171 Å². The zero-order chi connectivity index (χ0) is 20.2. The first-order valence-corrected chi connectivity index (χ1v) is 11.3. The summed E-state index contributed by atoms with van der Waals surface area (Å²) in [6.07, 6.45) is 8.75. The Bertz CT molecular complexity index is 974. The predicted molar refractivity (Wildman–Crippen MR) is 114 cm³/mol. The smallest absolute Gasteiger partial charge is 0.274 e. The van der Waals surface area contributed by atoms with Crippen LogP contribution in [0.4, 0.5) is 0 Å². The van der Waals surface area contributed by atoms with Gasteiger partial charge in [0.05, 0.1) is 5.39 Å². The first kappa shape index (κ1) is 18.8. The van der Waals surface area contributed by atoms with Gasteiger partial charge in [-0.05, 0) is 81.1 Å². The molecule has 0 aliphatic heterocycles. The van der Waals surface area contributed by atoms with Crippen LogP contribution in [0.2, 0.25) is 0 Å². The highest BCUT2D eigenvalue weighted by Gasteiger charge is 2.53. The number of aryl methyl sites for hydroxylation is 1. The summed E-state index contributed by atoms with van der Waals surface area (Å²) < 4.78 is 1.45. The molecule has 6 rings (SSSR count). The molecule has 29 heavy (non-hydrogen) atoms. The van der Waals surface area contributed by atoms with Crippen LogP contribution in [0, 0.1) is 23.2 Å². The molecule has 4 aliphatic carbocycles. The monoisotopic (exact) mass is 393 g/mol. The molecule has 4 saturated carbocycles. The van der Waals surface area contributed by atoms with Crippen LogP contribution in [-0.2, 0) is 6.54 Å². The number of fused-ring (bicyclic) bond motifs is 1. The van der Waals surface area contributed by atoms with Gasteiger partial charge in [-0.15, -0.1) is 0 Å². The van der Waals surface area contributed by atoms with Gasteiger partial charge in [0.1, 0.15) is 0 Å². The van der Waals surface area contributed by atoms with Crippen LogP contribution in [0.1, 0.15) is 69.3 Å². The van der Waals surface area contributed by atoms with Crippen molar-refractivity contribution in [3.05, 3.63) is 40.3 Å². The van der Waals surface area contributed by atoms with Gasteiger partial charge in [-0.1, -0.05) is 25.1 Å². The van der Waals surface area contributed by atoms with Crippen LogP contribution in [0.3, 0.4) is 0 Å². The number of hydrogen-bond acceptors (Lipinski definition) is 3. The summed E-state index contributed by atoms with van der Waals surface area (Å²) in [5, 5.41) is 9.02. The lowest BCUT2D eigenvalue weighted by atomic mass is 9.48. The third-order valence-corrected chi connectivity index (χ3v) is 7.87. The van der Waals surface area contributed by atoms with Gasteiger partial charge >= 0.3 is 0 Å². The SMILES string of the molecule is CCCn1nc(C(=O)NC(C)C23CC4CC(CC(C4)C2)C3)c2ccccc2c1=O. The molecule has 5 nitrogen and oxygen atoms in total. The third-order valence-electron chi connectivity index (χ3n) is 7.87.